The van der Waals surface area contributed by atoms with Crippen molar-refractivity contribution in [1.29, 1.82) is 0 Å². The van der Waals surface area contributed by atoms with Gasteiger partial charge in [0.2, 0.25) is 0 Å². The summed E-state index contributed by atoms with van der Waals surface area (Å²) in [4.78, 5) is 2.52. The standard InChI is InChI=1S/C11H19N/c1-2-3-4-6-9-12-10-7-5-8-11-12/h2-4,6H,5,7-11H2,1H3. The first-order chi connectivity index (χ1) is 5.93. The van der Waals surface area contributed by atoms with Crippen LogP contribution in [0, 0.1) is 0 Å². The lowest BCUT2D eigenvalue weighted by atomic mass is 10.1. The van der Waals surface area contributed by atoms with Crippen LogP contribution < -0.4 is 0 Å². The van der Waals surface area contributed by atoms with E-state index in [-0.39, 0.29) is 0 Å². The lowest BCUT2D eigenvalue weighted by molar-refractivity contribution is 0.251. The minimum Gasteiger partial charge on any atom is -0.300 e. The fourth-order valence-corrected chi connectivity index (χ4v) is 1.54. The quantitative estimate of drug-likeness (QED) is 0.581. The smallest absolute Gasteiger partial charge is 0.0166 e. The Morgan fingerprint density at radius 1 is 1.08 bits per heavy atom. The Kier molecular flexibility index (Phi) is 4.77. The molecule has 0 aliphatic carbocycles. The maximum absolute atomic E-state index is 2.52. The first-order valence-corrected chi connectivity index (χ1v) is 4.93. The molecule has 0 N–H and O–H groups in total. The van der Waals surface area contributed by atoms with E-state index in [1.54, 1.807) is 0 Å². The van der Waals surface area contributed by atoms with Gasteiger partial charge < -0.3 is 0 Å². The SMILES string of the molecule is CC=CC=CCN1CCCCC1. The number of rotatable bonds is 3. The van der Waals surface area contributed by atoms with Crippen molar-refractivity contribution in [2.24, 2.45) is 0 Å². The third-order valence-corrected chi connectivity index (χ3v) is 2.25. The second-order valence-corrected chi connectivity index (χ2v) is 3.32. The topological polar surface area (TPSA) is 3.24 Å². The van der Waals surface area contributed by atoms with Gasteiger partial charge in [0, 0.05) is 6.54 Å². The molecule has 1 heterocycles. The summed E-state index contributed by atoms with van der Waals surface area (Å²) in [5.41, 5.74) is 0. The number of likely N-dealkylation sites (tertiary alicyclic amines) is 1. The maximum atomic E-state index is 2.52. The lowest BCUT2D eigenvalue weighted by Gasteiger charge is -2.24. The molecule has 1 saturated heterocycles. The predicted octanol–water partition coefficient (Wildman–Crippen LogP) is 2.60. The Bertz CT molecular complexity index is 152. The van der Waals surface area contributed by atoms with Crippen LogP contribution in [0.2, 0.25) is 0 Å². The molecular formula is C11H19N. The molecule has 12 heavy (non-hydrogen) atoms. The summed E-state index contributed by atoms with van der Waals surface area (Å²) in [6.45, 7) is 5.76. The molecule has 0 unspecified atom stereocenters. The maximum Gasteiger partial charge on any atom is 0.0166 e. The molecule has 0 radical (unpaired) electrons. The average molecular weight is 165 g/mol. The zero-order valence-electron chi connectivity index (χ0n) is 8.00. The van der Waals surface area contributed by atoms with Crippen LogP contribution >= 0.6 is 0 Å². The Labute approximate surface area is 75.8 Å². The van der Waals surface area contributed by atoms with Gasteiger partial charge in [0.15, 0.2) is 0 Å². The second kappa shape index (κ2) is 6.01. The van der Waals surface area contributed by atoms with Crippen molar-refractivity contribution in [2.45, 2.75) is 26.2 Å². The summed E-state index contributed by atoms with van der Waals surface area (Å²) >= 11 is 0. The van der Waals surface area contributed by atoms with Gasteiger partial charge in [-0.3, -0.25) is 4.90 Å². The molecule has 1 nitrogen and oxygen atoms in total. The second-order valence-electron chi connectivity index (χ2n) is 3.32. The molecule has 1 heteroatoms. The molecule has 0 aromatic carbocycles. The van der Waals surface area contributed by atoms with E-state index in [0.29, 0.717) is 0 Å². The van der Waals surface area contributed by atoms with Gasteiger partial charge in [-0.25, -0.2) is 0 Å². The minimum absolute atomic E-state index is 1.13. The molecule has 1 fully saturated rings. The normalized spacial score (nSPS) is 21.1. The van der Waals surface area contributed by atoms with Gasteiger partial charge in [-0.2, -0.15) is 0 Å². The number of piperidine rings is 1. The largest absolute Gasteiger partial charge is 0.300 e. The molecule has 1 aliphatic heterocycles. The van der Waals surface area contributed by atoms with Gasteiger partial charge in [-0.1, -0.05) is 30.7 Å². The van der Waals surface area contributed by atoms with E-state index in [4.69, 9.17) is 0 Å². The summed E-state index contributed by atoms with van der Waals surface area (Å²) in [5.74, 6) is 0. The monoisotopic (exact) mass is 165 g/mol. The van der Waals surface area contributed by atoms with E-state index in [2.05, 4.69) is 29.2 Å². The molecule has 0 aromatic rings. The zero-order valence-corrected chi connectivity index (χ0v) is 8.00. The van der Waals surface area contributed by atoms with Crippen molar-refractivity contribution in [1.82, 2.24) is 4.90 Å². The highest BCUT2D eigenvalue weighted by Crippen LogP contribution is 2.07. The van der Waals surface area contributed by atoms with Crippen LogP contribution in [-0.2, 0) is 0 Å². The highest BCUT2D eigenvalue weighted by molar-refractivity contribution is 5.02. The van der Waals surface area contributed by atoms with E-state index < -0.39 is 0 Å². The summed E-state index contributed by atoms with van der Waals surface area (Å²) in [6.07, 6.45) is 12.7. The summed E-state index contributed by atoms with van der Waals surface area (Å²) in [6, 6.07) is 0. The predicted molar refractivity (Wildman–Crippen MR) is 54.2 cm³/mol. The van der Waals surface area contributed by atoms with Gasteiger partial charge in [0.05, 0.1) is 0 Å². The van der Waals surface area contributed by atoms with Gasteiger partial charge in [-0.15, -0.1) is 0 Å². The third-order valence-electron chi connectivity index (χ3n) is 2.25. The Balaban J connectivity index is 2.12. The lowest BCUT2D eigenvalue weighted by Crippen LogP contribution is -2.29. The average Bonchev–Trinajstić information content (AvgIpc) is 2.14. The Morgan fingerprint density at radius 3 is 2.50 bits per heavy atom. The molecule has 1 aliphatic rings. The van der Waals surface area contributed by atoms with Crippen molar-refractivity contribution >= 4 is 0 Å². The first kappa shape index (κ1) is 9.53. The summed E-state index contributed by atoms with van der Waals surface area (Å²) in [7, 11) is 0. The van der Waals surface area contributed by atoms with E-state index in [9.17, 15) is 0 Å². The molecule has 0 atom stereocenters. The van der Waals surface area contributed by atoms with E-state index >= 15 is 0 Å². The summed E-state index contributed by atoms with van der Waals surface area (Å²) < 4.78 is 0. The molecule has 0 saturated carbocycles. The van der Waals surface area contributed by atoms with Crippen LogP contribution in [0.4, 0.5) is 0 Å². The molecular weight excluding hydrogens is 146 g/mol. The van der Waals surface area contributed by atoms with Crippen LogP contribution in [0.15, 0.2) is 24.3 Å². The Morgan fingerprint density at radius 2 is 1.83 bits per heavy atom. The van der Waals surface area contributed by atoms with Crippen LogP contribution in [0.25, 0.3) is 0 Å². The van der Waals surface area contributed by atoms with Crippen LogP contribution in [-0.4, -0.2) is 24.5 Å². The van der Waals surface area contributed by atoms with Crippen LogP contribution in [0.1, 0.15) is 26.2 Å². The summed E-state index contributed by atoms with van der Waals surface area (Å²) in [5, 5.41) is 0. The first-order valence-electron chi connectivity index (χ1n) is 4.93. The Hall–Kier alpha value is -0.560. The molecule has 0 spiro atoms. The molecule has 1 rings (SSSR count). The van der Waals surface area contributed by atoms with Crippen LogP contribution in [0.5, 0.6) is 0 Å². The minimum atomic E-state index is 1.13. The highest BCUT2D eigenvalue weighted by atomic mass is 15.1. The van der Waals surface area contributed by atoms with Crippen molar-refractivity contribution in [3.05, 3.63) is 24.3 Å². The van der Waals surface area contributed by atoms with E-state index in [1.165, 1.54) is 32.4 Å². The third kappa shape index (κ3) is 3.72. The molecule has 0 amide bonds. The number of hydrogen-bond acceptors (Lipinski definition) is 1. The van der Waals surface area contributed by atoms with Crippen LogP contribution in [0.3, 0.4) is 0 Å². The number of nitrogens with zero attached hydrogens (tertiary/aromatic N) is 1. The van der Waals surface area contributed by atoms with Crippen molar-refractivity contribution in [2.75, 3.05) is 19.6 Å². The van der Waals surface area contributed by atoms with E-state index in [0.717, 1.165) is 6.54 Å². The van der Waals surface area contributed by atoms with Crippen molar-refractivity contribution in [3.63, 3.8) is 0 Å². The molecule has 68 valence electrons. The van der Waals surface area contributed by atoms with Gasteiger partial charge in [-0.05, 0) is 32.9 Å². The van der Waals surface area contributed by atoms with Crippen molar-refractivity contribution in [3.8, 4) is 0 Å². The molecule has 0 aromatic heterocycles. The van der Waals surface area contributed by atoms with E-state index in [1.807, 2.05) is 6.92 Å². The number of allylic oxidation sites excluding steroid dienone is 3. The fourth-order valence-electron chi connectivity index (χ4n) is 1.54. The molecule has 0 bridgehead atoms. The van der Waals surface area contributed by atoms with Gasteiger partial charge in [0.25, 0.3) is 0 Å². The number of hydrogen-bond donors (Lipinski definition) is 0. The van der Waals surface area contributed by atoms with Gasteiger partial charge >= 0.3 is 0 Å². The fraction of sp³-hybridized carbons (Fsp3) is 0.636. The highest BCUT2D eigenvalue weighted by Gasteiger charge is 2.06. The zero-order chi connectivity index (χ0) is 8.65. The van der Waals surface area contributed by atoms with Gasteiger partial charge in [0.1, 0.15) is 0 Å². The van der Waals surface area contributed by atoms with Crippen molar-refractivity contribution < 1.29 is 0 Å².